The van der Waals surface area contributed by atoms with Crippen molar-refractivity contribution in [2.75, 3.05) is 12.4 Å². The van der Waals surface area contributed by atoms with Gasteiger partial charge in [0, 0.05) is 10.9 Å². The van der Waals surface area contributed by atoms with E-state index in [0.717, 1.165) is 22.1 Å². The predicted octanol–water partition coefficient (Wildman–Crippen LogP) is 3.86. The summed E-state index contributed by atoms with van der Waals surface area (Å²) in [6, 6.07) is 12.8. The molecular weight excluding hydrogens is 346 g/mol. The zero-order valence-electron chi connectivity index (χ0n) is 15.4. The summed E-state index contributed by atoms with van der Waals surface area (Å²) in [4.78, 5) is 24.5. The van der Waals surface area contributed by atoms with E-state index in [1.165, 1.54) is 14.0 Å². The van der Waals surface area contributed by atoms with Gasteiger partial charge in [0.2, 0.25) is 0 Å². The average Bonchev–Trinajstić information content (AvgIpc) is 3.03. The number of carbonyl (C=O) groups excluding carboxylic acids is 2. The lowest BCUT2D eigenvalue weighted by Gasteiger charge is -2.15. The monoisotopic (exact) mass is 367 g/mol. The third-order valence-electron chi connectivity index (χ3n) is 4.19. The molecule has 6 heteroatoms. The van der Waals surface area contributed by atoms with Gasteiger partial charge in [0.15, 0.2) is 6.10 Å². The van der Waals surface area contributed by atoms with Crippen molar-refractivity contribution in [3.8, 4) is 5.75 Å². The Morgan fingerprint density at radius 2 is 1.96 bits per heavy atom. The Balaban J connectivity index is 1.62. The minimum absolute atomic E-state index is 0.0301. The van der Waals surface area contributed by atoms with Crippen molar-refractivity contribution in [2.24, 2.45) is 0 Å². The number of methoxy groups -OCH3 is 1. The van der Waals surface area contributed by atoms with Crippen LogP contribution >= 0.6 is 0 Å². The van der Waals surface area contributed by atoms with Gasteiger partial charge in [-0.25, -0.2) is 0 Å². The summed E-state index contributed by atoms with van der Waals surface area (Å²) in [5.41, 5.74) is 3.05. The first-order valence-corrected chi connectivity index (χ1v) is 8.58. The van der Waals surface area contributed by atoms with Gasteiger partial charge in [-0.3, -0.25) is 9.59 Å². The normalized spacial score (nSPS) is 11.8. The van der Waals surface area contributed by atoms with Gasteiger partial charge < -0.3 is 19.2 Å². The number of nitrogens with one attached hydrogen (secondary N) is 1. The molecule has 0 saturated heterocycles. The summed E-state index contributed by atoms with van der Waals surface area (Å²) in [5, 5.41) is 3.57. The molecule has 2 aromatic carbocycles. The van der Waals surface area contributed by atoms with Crippen LogP contribution in [-0.2, 0) is 20.7 Å². The van der Waals surface area contributed by atoms with E-state index < -0.39 is 18.0 Å². The Morgan fingerprint density at radius 1 is 1.19 bits per heavy atom. The van der Waals surface area contributed by atoms with E-state index in [1.54, 1.807) is 30.5 Å². The molecule has 0 aliphatic heterocycles. The van der Waals surface area contributed by atoms with Gasteiger partial charge >= 0.3 is 5.97 Å². The van der Waals surface area contributed by atoms with Crippen molar-refractivity contribution in [1.29, 1.82) is 0 Å². The van der Waals surface area contributed by atoms with Gasteiger partial charge in [0.1, 0.15) is 11.3 Å². The number of hydrogen-bond donors (Lipinski definition) is 1. The van der Waals surface area contributed by atoms with Crippen molar-refractivity contribution < 1.29 is 23.5 Å². The summed E-state index contributed by atoms with van der Waals surface area (Å²) in [7, 11) is 1.52. The Kier molecular flexibility index (Phi) is 5.45. The molecule has 0 spiro atoms. The lowest BCUT2D eigenvalue weighted by molar-refractivity contribution is -0.152. The van der Waals surface area contributed by atoms with Crippen LogP contribution in [0.25, 0.3) is 11.0 Å². The lowest BCUT2D eigenvalue weighted by Crippen LogP contribution is -2.30. The van der Waals surface area contributed by atoms with Crippen molar-refractivity contribution in [3.05, 3.63) is 59.9 Å². The number of rotatable bonds is 6. The Morgan fingerprint density at radius 3 is 2.74 bits per heavy atom. The van der Waals surface area contributed by atoms with Crippen LogP contribution < -0.4 is 10.1 Å². The third kappa shape index (κ3) is 4.28. The summed E-state index contributed by atoms with van der Waals surface area (Å²) in [6.45, 7) is 3.50. The van der Waals surface area contributed by atoms with Gasteiger partial charge in [-0.05, 0) is 37.6 Å². The van der Waals surface area contributed by atoms with Crippen LogP contribution in [0, 0.1) is 6.92 Å². The van der Waals surface area contributed by atoms with Crippen molar-refractivity contribution in [2.45, 2.75) is 26.4 Å². The molecule has 0 aliphatic carbocycles. The molecule has 0 saturated carbocycles. The first kappa shape index (κ1) is 18.5. The van der Waals surface area contributed by atoms with Crippen LogP contribution in [0.15, 0.2) is 53.1 Å². The second-order valence-electron chi connectivity index (χ2n) is 6.26. The Labute approximate surface area is 157 Å². The minimum atomic E-state index is -0.942. The summed E-state index contributed by atoms with van der Waals surface area (Å²) >= 11 is 0. The molecule has 6 nitrogen and oxygen atoms in total. The molecule has 27 heavy (non-hydrogen) atoms. The standard InChI is InChI=1S/C21H21NO5/c1-13-8-9-16-15(12-26-19(16)10-13)11-20(23)27-14(2)21(24)22-17-6-4-5-7-18(17)25-3/h4-10,12,14H,11H2,1-3H3,(H,22,24)/t14-/m0/s1. The second-order valence-corrected chi connectivity index (χ2v) is 6.26. The van der Waals surface area contributed by atoms with E-state index in [4.69, 9.17) is 13.9 Å². The molecule has 1 amide bonds. The molecular formula is C21H21NO5. The fourth-order valence-electron chi connectivity index (χ4n) is 2.76. The molecule has 0 fully saturated rings. The van der Waals surface area contributed by atoms with Crippen LogP contribution in [0.5, 0.6) is 5.75 Å². The van der Waals surface area contributed by atoms with Gasteiger partial charge in [-0.2, -0.15) is 0 Å². The van der Waals surface area contributed by atoms with E-state index in [1.807, 2.05) is 25.1 Å². The highest BCUT2D eigenvalue weighted by molar-refractivity contribution is 5.96. The molecule has 3 aromatic rings. The van der Waals surface area contributed by atoms with Gasteiger partial charge in [-0.1, -0.05) is 24.3 Å². The number of fused-ring (bicyclic) bond motifs is 1. The van der Waals surface area contributed by atoms with Gasteiger partial charge in [0.05, 0.1) is 25.5 Å². The Bertz CT molecular complexity index is 976. The molecule has 1 N–H and O–H groups in total. The molecule has 1 aromatic heterocycles. The number of furan rings is 1. The zero-order valence-corrected chi connectivity index (χ0v) is 15.4. The van der Waals surface area contributed by atoms with Crippen molar-refractivity contribution in [3.63, 3.8) is 0 Å². The lowest BCUT2D eigenvalue weighted by atomic mass is 10.1. The van der Waals surface area contributed by atoms with E-state index >= 15 is 0 Å². The quantitative estimate of drug-likeness (QED) is 0.669. The van der Waals surface area contributed by atoms with Crippen LogP contribution in [0.4, 0.5) is 5.69 Å². The van der Waals surface area contributed by atoms with Crippen molar-refractivity contribution in [1.82, 2.24) is 0 Å². The number of ether oxygens (including phenoxy) is 2. The molecule has 0 aliphatic rings. The number of carbonyl (C=O) groups is 2. The maximum Gasteiger partial charge on any atom is 0.311 e. The highest BCUT2D eigenvalue weighted by atomic mass is 16.5. The molecule has 1 heterocycles. The smallest absolute Gasteiger partial charge is 0.311 e. The number of para-hydroxylation sites is 2. The second kappa shape index (κ2) is 7.95. The van der Waals surface area contributed by atoms with E-state index in [-0.39, 0.29) is 6.42 Å². The molecule has 0 radical (unpaired) electrons. The Hall–Kier alpha value is -3.28. The number of amides is 1. The predicted molar refractivity (Wildman–Crippen MR) is 102 cm³/mol. The molecule has 0 bridgehead atoms. The maximum atomic E-state index is 12.3. The average molecular weight is 367 g/mol. The number of benzene rings is 2. The van der Waals surface area contributed by atoms with Crippen molar-refractivity contribution >= 4 is 28.5 Å². The maximum absolute atomic E-state index is 12.3. The minimum Gasteiger partial charge on any atom is -0.495 e. The first-order chi connectivity index (χ1) is 13.0. The van der Waals surface area contributed by atoms with E-state index in [2.05, 4.69) is 5.32 Å². The third-order valence-corrected chi connectivity index (χ3v) is 4.19. The fourth-order valence-corrected chi connectivity index (χ4v) is 2.76. The first-order valence-electron chi connectivity index (χ1n) is 8.58. The van der Waals surface area contributed by atoms with Crippen LogP contribution in [0.1, 0.15) is 18.1 Å². The zero-order chi connectivity index (χ0) is 19.4. The van der Waals surface area contributed by atoms with Gasteiger partial charge in [0.25, 0.3) is 5.91 Å². The molecule has 3 rings (SSSR count). The largest absolute Gasteiger partial charge is 0.495 e. The van der Waals surface area contributed by atoms with E-state index in [9.17, 15) is 9.59 Å². The molecule has 0 unspecified atom stereocenters. The topological polar surface area (TPSA) is 77.8 Å². The van der Waals surface area contributed by atoms with Crippen LogP contribution in [0.3, 0.4) is 0 Å². The number of aryl methyl sites for hydroxylation is 1. The highest BCUT2D eigenvalue weighted by Crippen LogP contribution is 2.24. The van der Waals surface area contributed by atoms with Crippen LogP contribution in [0.2, 0.25) is 0 Å². The number of esters is 1. The number of anilines is 1. The van der Waals surface area contributed by atoms with Crippen LogP contribution in [-0.4, -0.2) is 25.1 Å². The SMILES string of the molecule is COc1ccccc1NC(=O)[C@H](C)OC(=O)Cc1coc2cc(C)ccc12. The summed E-state index contributed by atoms with van der Waals surface area (Å²) in [6.07, 6.45) is 0.635. The summed E-state index contributed by atoms with van der Waals surface area (Å²) in [5.74, 6) is -0.397. The van der Waals surface area contributed by atoms with Gasteiger partial charge in [-0.15, -0.1) is 0 Å². The fraction of sp³-hybridized carbons (Fsp3) is 0.238. The van der Waals surface area contributed by atoms with E-state index in [0.29, 0.717) is 11.4 Å². The highest BCUT2D eigenvalue weighted by Gasteiger charge is 2.20. The summed E-state index contributed by atoms with van der Waals surface area (Å²) < 4.78 is 16.0. The molecule has 140 valence electrons. The number of hydrogen-bond acceptors (Lipinski definition) is 5. The molecule has 1 atom stereocenters.